The fourth-order valence-corrected chi connectivity index (χ4v) is 3.93. The topological polar surface area (TPSA) is 3.88 Å². The van der Waals surface area contributed by atoms with E-state index in [1.165, 1.54) is 0 Å². The van der Waals surface area contributed by atoms with Gasteiger partial charge in [-0.15, -0.1) is 0 Å². The molecule has 0 unspecified atom stereocenters. The number of hydrogen-bond donors (Lipinski definition) is 0. The smallest absolute Gasteiger partial charge is 0.201 e. The third-order valence-corrected chi connectivity index (χ3v) is 5.15. The Kier molecular flexibility index (Phi) is 2.42. The van der Waals surface area contributed by atoms with Gasteiger partial charge in [-0.3, -0.25) is 0 Å². The van der Waals surface area contributed by atoms with Gasteiger partial charge in [0.2, 0.25) is 5.69 Å². The summed E-state index contributed by atoms with van der Waals surface area (Å²) in [5.74, 6) is 0. The zero-order chi connectivity index (χ0) is 18.7. The number of pyridine rings is 1. The van der Waals surface area contributed by atoms with Crippen molar-refractivity contribution in [1.29, 1.82) is 0 Å². The first-order chi connectivity index (χ1) is 12.2. The van der Waals surface area contributed by atoms with Crippen molar-refractivity contribution in [3.05, 3.63) is 53.2 Å². The Bertz CT molecular complexity index is 866. The van der Waals surface area contributed by atoms with Gasteiger partial charge in [-0.25, -0.2) is 4.57 Å². The molecule has 1 spiro atoms. The molecule has 0 amide bonds. The highest BCUT2D eigenvalue weighted by atomic mass is 14.9. The van der Waals surface area contributed by atoms with Gasteiger partial charge in [-0.2, -0.15) is 0 Å². The number of rotatable bonds is 1. The lowest BCUT2D eigenvalue weighted by Gasteiger charge is -2.32. The molecule has 0 radical (unpaired) electrons. The molecule has 1 nitrogen and oxygen atoms in total. The van der Waals surface area contributed by atoms with Gasteiger partial charge in [0, 0.05) is 22.7 Å². The first-order valence-corrected chi connectivity index (χ1v) is 8.33. The maximum absolute atomic E-state index is 8.97. The largest absolute Gasteiger partial charge is 0.212 e. The molecule has 0 N–H and O–H groups in total. The summed E-state index contributed by atoms with van der Waals surface area (Å²) < 4.78 is 37.7. The molecule has 2 aliphatic rings. The van der Waals surface area contributed by atoms with Crippen LogP contribution in [-0.2, 0) is 19.8 Å². The number of nitrogens with zero attached hydrogens (tertiary/aromatic N) is 1. The van der Waals surface area contributed by atoms with Crippen LogP contribution in [0.1, 0.15) is 54.3 Å². The van der Waals surface area contributed by atoms with E-state index in [2.05, 4.69) is 13.0 Å². The van der Waals surface area contributed by atoms with Crippen LogP contribution in [0.4, 0.5) is 0 Å². The molecule has 1 heterocycles. The molecule has 0 aliphatic heterocycles. The molecular formula is C21H26N+. The number of benzene rings is 1. The minimum atomic E-state index is -1.65. The molecule has 1 fully saturated rings. The molecule has 4 rings (SSSR count). The van der Waals surface area contributed by atoms with Crippen molar-refractivity contribution in [1.82, 2.24) is 0 Å². The van der Waals surface area contributed by atoms with E-state index in [1.54, 1.807) is 0 Å². The lowest BCUT2D eigenvalue weighted by molar-refractivity contribution is -0.660. The Morgan fingerprint density at radius 2 is 1.77 bits per heavy atom. The SMILES string of the molecule is [2H]C1([2H])c2cc(-c3ccccc3C)[n+](C)cc2C([2H])([2H])C12CCCCC2. The second-order valence-electron chi connectivity index (χ2n) is 6.80. The van der Waals surface area contributed by atoms with Crippen LogP contribution in [0.2, 0.25) is 0 Å². The van der Waals surface area contributed by atoms with Gasteiger partial charge in [0.1, 0.15) is 7.05 Å². The number of aryl methyl sites for hydroxylation is 2. The zero-order valence-electron chi connectivity index (χ0n) is 17.4. The van der Waals surface area contributed by atoms with E-state index in [-0.39, 0.29) is 0 Å². The summed E-state index contributed by atoms with van der Waals surface area (Å²) in [5, 5.41) is 0. The minimum Gasteiger partial charge on any atom is -0.201 e. The Morgan fingerprint density at radius 1 is 1.05 bits per heavy atom. The lowest BCUT2D eigenvalue weighted by atomic mass is 9.72. The van der Waals surface area contributed by atoms with E-state index < -0.39 is 18.2 Å². The maximum Gasteiger partial charge on any atom is 0.212 e. The Morgan fingerprint density at radius 3 is 2.55 bits per heavy atom. The van der Waals surface area contributed by atoms with Crippen LogP contribution in [0.3, 0.4) is 0 Å². The van der Waals surface area contributed by atoms with Crippen LogP contribution < -0.4 is 4.57 Å². The molecule has 0 atom stereocenters. The summed E-state index contributed by atoms with van der Waals surface area (Å²) in [4.78, 5) is 0. The third kappa shape index (κ3) is 2.27. The van der Waals surface area contributed by atoms with Gasteiger partial charge in [0.05, 0.1) is 0 Å². The molecule has 1 saturated carbocycles. The van der Waals surface area contributed by atoms with E-state index in [4.69, 9.17) is 5.48 Å². The first-order valence-electron chi connectivity index (χ1n) is 10.3. The van der Waals surface area contributed by atoms with E-state index in [9.17, 15) is 0 Å². The Hall–Kier alpha value is -1.63. The predicted octanol–water partition coefficient (Wildman–Crippen LogP) is 4.54. The van der Waals surface area contributed by atoms with Crippen LogP contribution in [-0.4, -0.2) is 0 Å². The van der Waals surface area contributed by atoms with E-state index in [0.29, 0.717) is 24.0 Å². The van der Waals surface area contributed by atoms with E-state index >= 15 is 0 Å². The number of hydrogen-bond acceptors (Lipinski definition) is 0. The molecule has 2 aliphatic carbocycles. The van der Waals surface area contributed by atoms with Crippen molar-refractivity contribution < 1.29 is 10.1 Å². The first kappa shape index (κ1) is 10.2. The highest BCUT2D eigenvalue weighted by molar-refractivity contribution is 5.62. The highest BCUT2D eigenvalue weighted by Crippen LogP contribution is 2.47. The van der Waals surface area contributed by atoms with Crippen molar-refractivity contribution in [2.45, 2.75) is 51.8 Å². The molecule has 0 bridgehead atoms. The average molecular weight is 296 g/mol. The van der Waals surface area contributed by atoms with Crippen molar-refractivity contribution in [2.75, 3.05) is 0 Å². The van der Waals surface area contributed by atoms with Gasteiger partial charge in [-0.1, -0.05) is 37.5 Å². The third-order valence-electron chi connectivity index (χ3n) is 5.15. The van der Waals surface area contributed by atoms with Gasteiger partial charge in [0.25, 0.3) is 0 Å². The zero-order valence-corrected chi connectivity index (χ0v) is 13.4. The standard InChI is InChI=1S/C21H26N/c1-16-8-4-5-9-19(16)20-12-17-13-21(10-6-3-7-11-21)14-18(17)15-22(20)2/h4-5,8-9,12,15H,3,6-7,10-11,13-14H2,1-2H3/q+1/i13D2,14D2. The molecule has 114 valence electrons. The average Bonchev–Trinajstić information content (AvgIpc) is 2.72. The number of aromatic nitrogens is 1. The summed E-state index contributed by atoms with van der Waals surface area (Å²) in [6.07, 6.45) is 2.65. The summed E-state index contributed by atoms with van der Waals surface area (Å²) in [6.45, 7) is 2.05. The van der Waals surface area contributed by atoms with Crippen LogP contribution in [0.25, 0.3) is 11.3 Å². The van der Waals surface area contributed by atoms with E-state index in [1.807, 2.05) is 42.1 Å². The minimum absolute atomic E-state index is 0.532. The fraction of sp³-hybridized carbons (Fsp3) is 0.476. The quantitative estimate of drug-likeness (QED) is 0.680. The summed E-state index contributed by atoms with van der Waals surface area (Å²) in [6, 6.07) is 10.00. The van der Waals surface area contributed by atoms with Crippen molar-refractivity contribution in [2.24, 2.45) is 12.5 Å². The molecule has 1 aromatic carbocycles. The Labute approximate surface area is 139 Å². The predicted molar refractivity (Wildman–Crippen MR) is 90.7 cm³/mol. The molecular weight excluding hydrogens is 266 g/mol. The van der Waals surface area contributed by atoms with Gasteiger partial charge in [-0.05, 0) is 55.1 Å². The molecule has 2 aromatic rings. The van der Waals surface area contributed by atoms with Crippen molar-refractivity contribution >= 4 is 0 Å². The maximum atomic E-state index is 8.97. The second kappa shape index (κ2) is 5.22. The second-order valence-corrected chi connectivity index (χ2v) is 6.80. The monoisotopic (exact) mass is 296 g/mol. The van der Waals surface area contributed by atoms with Crippen LogP contribution in [0.15, 0.2) is 36.5 Å². The lowest BCUT2D eigenvalue weighted by Crippen LogP contribution is -2.31. The molecule has 1 aromatic heterocycles. The van der Waals surface area contributed by atoms with Crippen LogP contribution in [0.5, 0.6) is 0 Å². The van der Waals surface area contributed by atoms with E-state index in [0.717, 1.165) is 36.1 Å². The summed E-state index contributed by atoms with van der Waals surface area (Å²) >= 11 is 0. The summed E-state index contributed by atoms with van der Waals surface area (Å²) in [7, 11) is 1.93. The van der Waals surface area contributed by atoms with Gasteiger partial charge < -0.3 is 0 Å². The van der Waals surface area contributed by atoms with Gasteiger partial charge >= 0.3 is 0 Å². The summed E-state index contributed by atoms with van der Waals surface area (Å²) in [5.41, 5.74) is 3.27. The normalized spacial score (nSPS) is 26.6. The number of fused-ring (bicyclic) bond motifs is 1. The Balaban J connectivity index is 1.96. The fourth-order valence-electron chi connectivity index (χ4n) is 3.93. The molecule has 0 saturated heterocycles. The molecule has 1 heteroatoms. The van der Waals surface area contributed by atoms with Crippen molar-refractivity contribution in [3.63, 3.8) is 0 Å². The van der Waals surface area contributed by atoms with Gasteiger partial charge in [0.15, 0.2) is 6.20 Å². The molecule has 22 heavy (non-hydrogen) atoms. The van der Waals surface area contributed by atoms with Crippen molar-refractivity contribution in [3.8, 4) is 11.3 Å². The van der Waals surface area contributed by atoms with Crippen LogP contribution >= 0.6 is 0 Å². The van der Waals surface area contributed by atoms with Crippen LogP contribution in [0, 0.1) is 12.3 Å². The highest BCUT2D eigenvalue weighted by Gasteiger charge is 2.39.